The van der Waals surface area contributed by atoms with Crippen LogP contribution in [-0.2, 0) is 0 Å². The molecule has 21 heavy (non-hydrogen) atoms. The number of H-pyrrole nitrogens is 1. The zero-order chi connectivity index (χ0) is 15.0. The van der Waals surface area contributed by atoms with Gasteiger partial charge in [-0.3, -0.25) is 4.79 Å². The number of nitrogens with one attached hydrogen (secondary N) is 2. The number of hydrogen-bond acceptors (Lipinski definition) is 3. The molecule has 0 spiro atoms. The fourth-order valence-corrected chi connectivity index (χ4v) is 2.81. The number of rotatable bonds is 2. The van der Waals surface area contributed by atoms with Crippen LogP contribution in [0.2, 0.25) is 5.02 Å². The minimum absolute atomic E-state index is 0.0250. The molecule has 2 N–H and O–H groups in total. The summed E-state index contributed by atoms with van der Waals surface area (Å²) in [6.45, 7) is 0.663. The van der Waals surface area contributed by atoms with Crippen molar-refractivity contribution < 1.29 is 13.3 Å². The molecule has 112 valence electrons. The molecule has 1 aromatic carbocycles. The van der Waals surface area contributed by atoms with E-state index in [-0.39, 0.29) is 17.5 Å². The van der Waals surface area contributed by atoms with Crippen molar-refractivity contribution in [2.75, 3.05) is 6.54 Å². The van der Waals surface area contributed by atoms with Gasteiger partial charge in [0.25, 0.3) is 5.56 Å². The molecule has 0 saturated carbocycles. The van der Waals surface area contributed by atoms with E-state index in [9.17, 15) is 13.6 Å². The van der Waals surface area contributed by atoms with Crippen LogP contribution in [0, 0.1) is 11.6 Å². The van der Waals surface area contributed by atoms with Gasteiger partial charge >= 0.3 is 0 Å². The minimum atomic E-state index is -0.774. The Bertz CT molecular complexity index is 690. The van der Waals surface area contributed by atoms with Crippen LogP contribution in [0.5, 0.6) is 0 Å². The van der Waals surface area contributed by atoms with E-state index in [0.717, 1.165) is 6.42 Å². The number of hydrogen-bond donors (Lipinski definition) is 2. The Kier molecular flexibility index (Phi) is 3.82. The first-order valence-corrected chi connectivity index (χ1v) is 6.98. The van der Waals surface area contributed by atoms with Gasteiger partial charge in [0.15, 0.2) is 0 Å². The van der Waals surface area contributed by atoms with E-state index in [2.05, 4.69) is 10.5 Å². The quantitative estimate of drug-likeness (QED) is 0.837. The van der Waals surface area contributed by atoms with Crippen molar-refractivity contribution in [3.05, 3.63) is 56.5 Å². The van der Waals surface area contributed by atoms with E-state index in [1.807, 2.05) is 0 Å². The average Bonchev–Trinajstić information content (AvgIpc) is 2.91. The number of piperidine rings is 1. The Hall–Kier alpha value is -1.66. The monoisotopic (exact) mass is 314 g/mol. The van der Waals surface area contributed by atoms with Crippen LogP contribution in [-0.4, -0.2) is 11.7 Å². The van der Waals surface area contributed by atoms with Gasteiger partial charge in [-0.25, -0.2) is 8.78 Å². The van der Waals surface area contributed by atoms with Gasteiger partial charge < -0.3 is 9.84 Å². The third-order valence-corrected chi connectivity index (χ3v) is 4.12. The summed E-state index contributed by atoms with van der Waals surface area (Å²) >= 11 is 5.49. The van der Waals surface area contributed by atoms with Crippen LogP contribution in [0.25, 0.3) is 0 Å². The first-order chi connectivity index (χ1) is 10.0. The third-order valence-electron chi connectivity index (χ3n) is 3.76. The second kappa shape index (κ2) is 5.61. The molecule has 0 unspecified atom stereocenters. The van der Waals surface area contributed by atoms with Crippen molar-refractivity contribution in [1.82, 2.24) is 10.5 Å². The number of aromatic amines is 1. The summed E-state index contributed by atoms with van der Waals surface area (Å²) in [5, 5.41) is 4.97. The molecule has 3 rings (SSSR count). The molecule has 0 aliphatic carbocycles. The zero-order valence-electron chi connectivity index (χ0n) is 11.0. The van der Waals surface area contributed by atoms with E-state index >= 15 is 0 Å². The molecule has 2 aromatic rings. The van der Waals surface area contributed by atoms with Crippen LogP contribution < -0.4 is 10.9 Å². The molecule has 1 aliphatic heterocycles. The summed E-state index contributed by atoms with van der Waals surface area (Å²) in [6.07, 6.45) is 1.37. The Morgan fingerprint density at radius 3 is 2.57 bits per heavy atom. The highest BCUT2D eigenvalue weighted by molar-refractivity contribution is 6.30. The maximum atomic E-state index is 13.6. The summed E-state index contributed by atoms with van der Waals surface area (Å²) < 4.78 is 32.2. The summed E-state index contributed by atoms with van der Waals surface area (Å²) in [6, 6.07) is 3.67. The average molecular weight is 315 g/mol. The maximum Gasteiger partial charge on any atom is 0.280 e. The Balaban J connectivity index is 1.84. The number of aromatic nitrogens is 1. The summed E-state index contributed by atoms with van der Waals surface area (Å²) in [5.74, 6) is -0.953. The molecule has 1 aliphatic rings. The second-order valence-electron chi connectivity index (χ2n) is 5.14. The lowest BCUT2D eigenvalue weighted by Crippen LogP contribution is -2.31. The van der Waals surface area contributed by atoms with Crippen molar-refractivity contribution in [2.45, 2.75) is 24.8 Å². The van der Waals surface area contributed by atoms with Crippen LogP contribution in [0.3, 0.4) is 0 Å². The minimum Gasteiger partial charge on any atom is -0.383 e. The van der Waals surface area contributed by atoms with Crippen molar-refractivity contribution >= 4 is 11.6 Å². The first kappa shape index (κ1) is 14.3. The maximum absolute atomic E-state index is 13.6. The van der Waals surface area contributed by atoms with Gasteiger partial charge in [-0.05, 0) is 37.1 Å². The molecule has 1 fully saturated rings. The van der Waals surface area contributed by atoms with Gasteiger partial charge in [-0.2, -0.15) is 5.16 Å². The molecule has 1 saturated heterocycles. The topological polar surface area (TPSA) is 58.0 Å². The second-order valence-corrected chi connectivity index (χ2v) is 5.52. The van der Waals surface area contributed by atoms with E-state index in [4.69, 9.17) is 16.1 Å². The molecule has 2 heterocycles. The van der Waals surface area contributed by atoms with Crippen LogP contribution in [0.1, 0.15) is 36.1 Å². The Labute approximate surface area is 124 Å². The molecule has 2 atom stereocenters. The highest BCUT2D eigenvalue weighted by atomic mass is 35.5. The molecular weight excluding hydrogens is 302 g/mol. The van der Waals surface area contributed by atoms with Crippen LogP contribution in [0.15, 0.2) is 27.5 Å². The van der Waals surface area contributed by atoms with Crippen LogP contribution >= 0.6 is 11.6 Å². The van der Waals surface area contributed by atoms with E-state index in [0.29, 0.717) is 24.3 Å². The van der Waals surface area contributed by atoms with Gasteiger partial charge in [0, 0.05) is 18.0 Å². The van der Waals surface area contributed by atoms with Crippen molar-refractivity contribution in [1.29, 1.82) is 0 Å². The smallest absolute Gasteiger partial charge is 0.280 e. The van der Waals surface area contributed by atoms with Gasteiger partial charge in [-0.1, -0.05) is 11.6 Å². The fourth-order valence-electron chi connectivity index (χ4n) is 2.70. The highest BCUT2D eigenvalue weighted by Gasteiger charge is 2.27. The molecule has 7 heteroatoms. The molecule has 0 bridgehead atoms. The Morgan fingerprint density at radius 2 is 1.95 bits per heavy atom. The first-order valence-electron chi connectivity index (χ1n) is 6.61. The molecule has 4 nitrogen and oxygen atoms in total. The molecular formula is C14H13ClF2N2O2. The SMILES string of the molecule is O=c1cc([C@H]2CCN[C@@H](c3cc(F)c(Cl)c(F)c3)C2)o[nH]1. The van der Waals surface area contributed by atoms with Gasteiger partial charge in [0.2, 0.25) is 0 Å². The zero-order valence-corrected chi connectivity index (χ0v) is 11.7. The van der Waals surface area contributed by atoms with Crippen molar-refractivity contribution in [3.8, 4) is 0 Å². The fraction of sp³-hybridized carbons (Fsp3) is 0.357. The summed E-state index contributed by atoms with van der Waals surface area (Å²) in [5.41, 5.74) is 0.209. The van der Waals surface area contributed by atoms with E-state index in [1.165, 1.54) is 18.2 Å². The van der Waals surface area contributed by atoms with Crippen molar-refractivity contribution in [2.24, 2.45) is 0 Å². The lowest BCUT2D eigenvalue weighted by Gasteiger charge is -2.29. The van der Waals surface area contributed by atoms with Gasteiger partial charge in [0.05, 0.1) is 0 Å². The molecule has 1 aromatic heterocycles. The molecule has 0 amide bonds. The van der Waals surface area contributed by atoms with E-state index in [1.54, 1.807) is 0 Å². The predicted molar refractivity (Wildman–Crippen MR) is 73.4 cm³/mol. The van der Waals surface area contributed by atoms with Crippen molar-refractivity contribution in [3.63, 3.8) is 0 Å². The molecule has 0 radical (unpaired) electrons. The third kappa shape index (κ3) is 2.87. The standard InChI is InChI=1S/C14H13ClF2N2O2/c15-14-9(16)3-8(4-10(14)17)11-5-7(1-2-18-11)12-6-13(20)19-21-12/h3-4,6-7,11,18H,1-2,5H2,(H,19,20)/t7-,11+/m0/s1. The summed E-state index contributed by atoms with van der Waals surface area (Å²) in [4.78, 5) is 11.1. The van der Waals surface area contributed by atoms with Crippen LogP contribution in [0.4, 0.5) is 8.78 Å². The van der Waals surface area contributed by atoms with E-state index < -0.39 is 16.7 Å². The van der Waals surface area contributed by atoms with Gasteiger partial charge in [-0.15, -0.1) is 0 Å². The van der Waals surface area contributed by atoms with Gasteiger partial charge in [0.1, 0.15) is 22.4 Å². The predicted octanol–water partition coefficient (Wildman–Crippen LogP) is 3.11. The lowest BCUT2D eigenvalue weighted by atomic mass is 9.87. The highest BCUT2D eigenvalue weighted by Crippen LogP contribution is 2.35. The normalized spacial score (nSPS) is 22.4. The number of halogens is 3. The number of benzene rings is 1. The largest absolute Gasteiger partial charge is 0.383 e. The Morgan fingerprint density at radius 1 is 1.24 bits per heavy atom. The lowest BCUT2D eigenvalue weighted by molar-refractivity contribution is 0.295. The summed E-state index contributed by atoms with van der Waals surface area (Å²) in [7, 11) is 0.